The van der Waals surface area contributed by atoms with E-state index in [1.54, 1.807) is 0 Å². The first-order valence-corrected chi connectivity index (χ1v) is 5.68. The fourth-order valence-corrected chi connectivity index (χ4v) is 2.59. The van der Waals surface area contributed by atoms with Crippen molar-refractivity contribution in [2.45, 2.75) is 31.2 Å². The van der Waals surface area contributed by atoms with Crippen LogP contribution < -0.4 is 5.32 Å². The number of benzene rings is 1. The van der Waals surface area contributed by atoms with E-state index >= 15 is 0 Å². The van der Waals surface area contributed by atoms with Crippen molar-refractivity contribution in [2.75, 3.05) is 6.54 Å². The molecule has 0 bridgehead atoms. The molecule has 14 heavy (non-hydrogen) atoms. The molecule has 1 spiro atoms. The second-order valence-corrected chi connectivity index (χ2v) is 4.98. The summed E-state index contributed by atoms with van der Waals surface area (Å²) in [6.07, 6.45) is 5.00. The lowest BCUT2D eigenvalue weighted by atomic mass is 9.99. The fourth-order valence-electron chi connectivity index (χ4n) is 2.39. The van der Waals surface area contributed by atoms with Crippen molar-refractivity contribution in [3.8, 4) is 0 Å². The van der Waals surface area contributed by atoms with Crippen molar-refractivity contribution in [3.63, 3.8) is 0 Å². The van der Waals surface area contributed by atoms with Crippen molar-refractivity contribution in [1.29, 1.82) is 0 Å². The van der Waals surface area contributed by atoms with E-state index in [1.165, 1.54) is 30.4 Å². The molecular weight excluding hydrogens is 194 g/mol. The van der Waals surface area contributed by atoms with Gasteiger partial charge >= 0.3 is 0 Å². The average Bonchev–Trinajstić information content (AvgIpc) is 2.93. The molecule has 0 amide bonds. The van der Waals surface area contributed by atoms with Crippen LogP contribution >= 0.6 is 11.6 Å². The van der Waals surface area contributed by atoms with Gasteiger partial charge in [0.2, 0.25) is 0 Å². The molecular formula is C12H14ClN. The van der Waals surface area contributed by atoms with Crippen LogP contribution in [-0.2, 0) is 12.8 Å². The molecule has 1 aliphatic heterocycles. The van der Waals surface area contributed by atoms with Gasteiger partial charge in [0.05, 0.1) is 0 Å². The zero-order valence-corrected chi connectivity index (χ0v) is 8.90. The van der Waals surface area contributed by atoms with E-state index in [0.29, 0.717) is 5.54 Å². The lowest BCUT2D eigenvalue weighted by molar-refractivity contribution is 0.514. The third-order valence-corrected chi connectivity index (χ3v) is 3.68. The standard InChI is InChI=1S/C12H14ClN/c13-11-2-1-10-8-12(4-5-12)14-6-3-9(10)7-11/h1-2,7,14H,3-6,8H2. The molecule has 1 aromatic rings. The summed E-state index contributed by atoms with van der Waals surface area (Å²) in [5.41, 5.74) is 3.39. The van der Waals surface area contributed by atoms with Crippen molar-refractivity contribution in [2.24, 2.45) is 0 Å². The number of hydrogen-bond acceptors (Lipinski definition) is 1. The van der Waals surface area contributed by atoms with Crippen molar-refractivity contribution in [1.82, 2.24) is 5.32 Å². The first kappa shape index (κ1) is 8.75. The molecule has 1 fully saturated rings. The fraction of sp³-hybridized carbons (Fsp3) is 0.500. The first-order chi connectivity index (χ1) is 6.77. The van der Waals surface area contributed by atoms with E-state index in [1.807, 2.05) is 6.07 Å². The number of halogens is 1. The van der Waals surface area contributed by atoms with Crippen LogP contribution in [-0.4, -0.2) is 12.1 Å². The Labute approximate surface area is 89.5 Å². The van der Waals surface area contributed by atoms with Gasteiger partial charge in [0, 0.05) is 10.6 Å². The van der Waals surface area contributed by atoms with Crippen LogP contribution in [0.1, 0.15) is 24.0 Å². The smallest absolute Gasteiger partial charge is 0.0408 e. The highest BCUT2D eigenvalue weighted by Crippen LogP contribution is 2.40. The first-order valence-electron chi connectivity index (χ1n) is 5.30. The van der Waals surface area contributed by atoms with Crippen LogP contribution in [0.3, 0.4) is 0 Å². The molecule has 0 radical (unpaired) electrons. The summed E-state index contributed by atoms with van der Waals surface area (Å²) in [6.45, 7) is 1.10. The molecule has 0 atom stereocenters. The van der Waals surface area contributed by atoms with Gasteiger partial charge in [-0.15, -0.1) is 0 Å². The largest absolute Gasteiger partial charge is 0.311 e. The van der Waals surface area contributed by atoms with Crippen LogP contribution in [0.25, 0.3) is 0 Å². The molecule has 2 aliphatic rings. The van der Waals surface area contributed by atoms with Gasteiger partial charge in [-0.25, -0.2) is 0 Å². The van der Waals surface area contributed by atoms with E-state index in [2.05, 4.69) is 17.4 Å². The van der Waals surface area contributed by atoms with E-state index in [-0.39, 0.29) is 0 Å². The molecule has 0 aromatic heterocycles. The van der Waals surface area contributed by atoms with E-state index in [0.717, 1.165) is 18.0 Å². The molecule has 1 aromatic carbocycles. The molecule has 74 valence electrons. The van der Waals surface area contributed by atoms with Gasteiger partial charge in [0.1, 0.15) is 0 Å². The van der Waals surface area contributed by atoms with Crippen molar-refractivity contribution >= 4 is 11.6 Å². The lowest BCUT2D eigenvalue weighted by Crippen LogP contribution is -2.32. The Balaban J connectivity index is 1.99. The highest BCUT2D eigenvalue weighted by atomic mass is 35.5. The van der Waals surface area contributed by atoms with Crippen molar-refractivity contribution < 1.29 is 0 Å². The molecule has 2 heteroatoms. The monoisotopic (exact) mass is 207 g/mol. The van der Waals surface area contributed by atoms with Crippen LogP contribution in [0.2, 0.25) is 5.02 Å². The minimum atomic E-state index is 0.457. The molecule has 0 unspecified atom stereocenters. The molecule has 1 saturated carbocycles. The summed E-state index contributed by atoms with van der Waals surface area (Å²) >= 11 is 6.00. The number of rotatable bonds is 0. The minimum absolute atomic E-state index is 0.457. The number of nitrogens with one attached hydrogen (secondary N) is 1. The summed E-state index contributed by atoms with van der Waals surface area (Å²) in [5, 5.41) is 4.53. The Morgan fingerprint density at radius 2 is 2.07 bits per heavy atom. The minimum Gasteiger partial charge on any atom is -0.311 e. The van der Waals surface area contributed by atoms with Crippen LogP contribution in [0, 0.1) is 0 Å². The average molecular weight is 208 g/mol. The van der Waals surface area contributed by atoms with Gasteiger partial charge < -0.3 is 5.32 Å². The summed E-state index contributed by atoms with van der Waals surface area (Å²) in [4.78, 5) is 0. The Kier molecular flexibility index (Phi) is 1.86. The Bertz CT molecular complexity index is 369. The van der Waals surface area contributed by atoms with Crippen molar-refractivity contribution in [3.05, 3.63) is 34.3 Å². The third kappa shape index (κ3) is 1.45. The van der Waals surface area contributed by atoms with E-state index in [9.17, 15) is 0 Å². The normalized spacial score (nSPS) is 22.9. The predicted octanol–water partition coefficient (Wildman–Crippen LogP) is 2.56. The zero-order valence-electron chi connectivity index (χ0n) is 8.15. The number of hydrogen-bond donors (Lipinski definition) is 1. The van der Waals surface area contributed by atoms with Gasteiger partial charge in [-0.3, -0.25) is 0 Å². The second kappa shape index (κ2) is 2.98. The Morgan fingerprint density at radius 3 is 2.86 bits per heavy atom. The molecule has 1 aliphatic carbocycles. The zero-order chi connectivity index (χ0) is 9.60. The van der Waals surface area contributed by atoms with Gasteiger partial charge in [-0.2, -0.15) is 0 Å². The summed E-state index contributed by atoms with van der Waals surface area (Å²) in [7, 11) is 0. The quantitative estimate of drug-likeness (QED) is 0.690. The Hall–Kier alpha value is -0.530. The SMILES string of the molecule is Clc1ccc2c(c1)CCNC1(CC1)C2. The third-order valence-electron chi connectivity index (χ3n) is 3.45. The highest BCUT2D eigenvalue weighted by Gasteiger charge is 2.43. The van der Waals surface area contributed by atoms with Crippen LogP contribution in [0.4, 0.5) is 0 Å². The highest BCUT2D eigenvalue weighted by molar-refractivity contribution is 6.30. The summed E-state index contributed by atoms with van der Waals surface area (Å²) in [5.74, 6) is 0. The molecule has 1 N–H and O–H groups in total. The maximum atomic E-state index is 6.00. The van der Waals surface area contributed by atoms with Gasteiger partial charge in [-0.1, -0.05) is 17.7 Å². The van der Waals surface area contributed by atoms with Gasteiger partial charge in [0.25, 0.3) is 0 Å². The van der Waals surface area contributed by atoms with E-state index < -0.39 is 0 Å². The second-order valence-electron chi connectivity index (χ2n) is 4.55. The summed E-state index contributed by atoms with van der Waals surface area (Å²) in [6, 6.07) is 6.34. The van der Waals surface area contributed by atoms with Crippen LogP contribution in [0.5, 0.6) is 0 Å². The van der Waals surface area contributed by atoms with Gasteiger partial charge in [-0.05, 0) is 55.5 Å². The predicted molar refractivity (Wildman–Crippen MR) is 58.8 cm³/mol. The maximum Gasteiger partial charge on any atom is 0.0408 e. The summed E-state index contributed by atoms with van der Waals surface area (Å²) < 4.78 is 0. The maximum absolute atomic E-state index is 6.00. The van der Waals surface area contributed by atoms with E-state index in [4.69, 9.17) is 11.6 Å². The van der Waals surface area contributed by atoms with Crippen LogP contribution in [0.15, 0.2) is 18.2 Å². The lowest BCUT2D eigenvalue weighted by Gasteiger charge is -2.13. The molecule has 3 rings (SSSR count). The Morgan fingerprint density at radius 1 is 1.21 bits per heavy atom. The molecule has 0 saturated heterocycles. The number of fused-ring (bicyclic) bond motifs is 1. The van der Waals surface area contributed by atoms with Gasteiger partial charge in [0.15, 0.2) is 0 Å². The molecule has 1 heterocycles. The topological polar surface area (TPSA) is 12.0 Å². The molecule has 1 nitrogen and oxygen atoms in total.